The van der Waals surface area contributed by atoms with Crippen LogP contribution in [-0.2, 0) is 9.53 Å². The molecule has 0 saturated carbocycles. The van der Waals surface area contributed by atoms with Crippen molar-refractivity contribution in [2.75, 3.05) is 20.3 Å². The van der Waals surface area contributed by atoms with E-state index in [0.29, 0.717) is 16.6 Å². The zero-order chi connectivity index (χ0) is 14.4. The van der Waals surface area contributed by atoms with Crippen LogP contribution in [0.5, 0.6) is 0 Å². The minimum Gasteiger partial charge on any atom is -0.383 e. The topological polar surface area (TPSA) is 64.3 Å². The number of hydrogen-bond acceptors (Lipinski definition) is 3. The molecule has 0 aromatic heterocycles. The van der Waals surface area contributed by atoms with Crippen molar-refractivity contribution in [1.29, 1.82) is 0 Å². The van der Waals surface area contributed by atoms with Crippen LogP contribution in [0.1, 0.15) is 18.4 Å². The zero-order valence-corrected chi connectivity index (χ0v) is 12.5. The van der Waals surface area contributed by atoms with Crippen molar-refractivity contribution in [2.24, 2.45) is 5.73 Å². The van der Waals surface area contributed by atoms with Crippen LogP contribution in [0.2, 0.25) is 10.0 Å². The Hall–Kier alpha value is -0.810. The maximum Gasteiger partial charge on any atom is 0.239 e. The molecule has 0 heterocycles. The summed E-state index contributed by atoms with van der Waals surface area (Å²) in [6, 6.07) is 4.67. The predicted molar refractivity (Wildman–Crippen MR) is 77.7 cm³/mol. The van der Waals surface area contributed by atoms with Crippen molar-refractivity contribution in [2.45, 2.75) is 18.9 Å². The Bertz CT molecular complexity index is 420. The average molecular weight is 305 g/mol. The van der Waals surface area contributed by atoms with E-state index in [1.54, 1.807) is 18.2 Å². The van der Waals surface area contributed by atoms with Crippen molar-refractivity contribution in [3.8, 4) is 0 Å². The summed E-state index contributed by atoms with van der Waals surface area (Å²) in [5.74, 6) is -0.253. The molecule has 1 amide bonds. The molecular weight excluding hydrogens is 287 g/mol. The Labute approximate surface area is 123 Å². The number of nitrogens with one attached hydrogen (secondary N) is 1. The van der Waals surface area contributed by atoms with Gasteiger partial charge in [0.05, 0.1) is 6.61 Å². The number of hydrogen-bond donors (Lipinski definition) is 2. The first-order valence-corrected chi connectivity index (χ1v) is 6.69. The molecule has 106 valence electrons. The summed E-state index contributed by atoms with van der Waals surface area (Å²) in [6.45, 7) is 2.54. The maximum absolute atomic E-state index is 11.7. The summed E-state index contributed by atoms with van der Waals surface area (Å²) in [4.78, 5) is 11.7. The number of carbonyl (C=O) groups is 1. The number of halogens is 2. The molecule has 2 unspecified atom stereocenters. The molecule has 0 fully saturated rings. The van der Waals surface area contributed by atoms with Crippen LogP contribution >= 0.6 is 23.2 Å². The van der Waals surface area contributed by atoms with Crippen LogP contribution in [0.15, 0.2) is 18.2 Å². The molecule has 0 aliphatic carbocycles. The number of ether oxygens (including phenoxy) is 1. The number of rotatable bonds is 6. The van der Waals surface area contributed by atoms with Crippen LogP contribution in [-0.4, -0.2) is 32.2 Å². The molecule has 2 atom stereocenters. The van der Waals surface area contributed by atoms with Crippen LogP contribution in [0, 0.1) is 0 Å². The van der Waals surface area contributed by atoms with Gasteiger partial charge in [0, 0.05) is 29.6 Å². The Balaban J connectivity index is 2.61. The third-order valence-electron chi connectivity index (χ3n) is 2.76. The van der Waals surface area contributed by atoms with Crippen LogP contribution < -0.4 is 11.1 Å². The van der Waals surface area contributed by atoms with E-state index in [9.17, 15) is 4.79 Å². The van der Waals surface area contributed by atoms with E-state index in [-0.39, 0.29) is 18.4 Å². The van der Waals surface area contributed by atoms with E-state index >= 15 is 0 Å². The molecule has 3 N–H and O–H groups in total. The van der Waals surface area contributed by atoms with Gasteiger partial charge in [-0.15, -0.1) is 0 Å². The van der Waals surface area contributed by atoms with Gasteiger partial charge in [0.15, 0.2) is 0 Å². The Morgan fingerprint density at radius 3 is 2.53 bits per heavy atom. The fourth-order valence-electron chi connectivity index (χ4n) is 1.72. The normalized spacial score (nSPS) is 13.9. The quantitative estimate of drug-likeness (QED) is 0.847. The van der Waals surface area contributed by atoms with Gasteiger partial charge in [-0.2, -0.15) is 0 Å². The molecule has 0 aliphatic heterocycles. The summed E-state index contributed by atoms with van der Waals surface area (Å²) < 4.78 is 4.83. The average Bonchev–Trinajstić information content (AvgIpc) is 2.36. The molecule has 4 nitrogen and oxygen atoms in total. The van der Waals surface area contributed by atoms with Gasteiger partial charge in [0.25, 0.3) is 0 Å². The van der Waals surface area contributed by atoms with Crippen molar-refractivity contribution in [3.05, 3.63) is 33.8 Å². The summed E-state index contributed by atoms with van der Waals surface area (Å²) in [5, 5.41) is 3.94. The lowest BCUT2D eigenvalue weighted by Gasteiger charge is -2.17. The van der Waals surface area contributed by atoms with Gasteiger partial charge >= 0.3 is 0 Å². The molecule has 0 saturated heterocycles. The number of methoxy groups -OCH3 is 1. The lowest BCUT2D eigenvalue weighted by molar-refractivity contribution is -0.123. The number of nitrogens with two attached hydrogens (primary N) is 1. The minimum absolute atomic E-state index is 0.0000973. The Morgan fingerprint density at radius 2 is 2.00 bits per heavy atom. The summed E-state index contributed by atoms with van der Waals surface area (Å²) in [6.07, 6.45) is 0. The fraction of sp³-hybridized carbons (Fsp3) is 0.462. The SMILES string of the molecule is COCC(N)C(=O)NCC(C)c1c(Cl)cccc1Cl. The van der Waals surface area contributed by atoms with Crippen molar-refractivity contribution >= 4 is 29.1 Å². The summed E-state index contributed by atoms with van der Waals surface area (Å²) in [5.41, 5.74) is 6.45. The van der Waals surface area contributed by atoms with Gasteiger partial charge in [0.2, 0.25) is 5.91 Å². The second-order valence-corrected chi connectivity index (χ2v) is 5.16. The van der Waals surface area contributed by atoms with Crippen molar-refractivity contribution in [3.63, 3.8) is 0 Å². The highest BCUT2D eigenvalue weighted by Crippen LogP contribution is 2.30. The first kappa shape index (κ1) is 16.2. The maximum atomic E-state index is 11.7. The molecule has 1 rings (SSSR count). The van der Waals surface area contributed by atoms with E-state index in [0.717, 1.165) is 5.56 Å². The largest absolute Gasteiger partial charge is 0.383 e. The molecule has 0 bridgehead atoms. The summed E-state index contributed by atoms with van der Waals surface area (Å²) >= 11 is 12.2. The molecule has 6 heteroatoms. The molecule has 19 heavy (non-hydrogen) atoms. The lowest BCUT2D eigenvalue weighted by atomic mass is 10.0. The second kappa shape index (κ2) is 7.70. The summed E-state index contributed by atoms with van der Waals surface area (Å²) in [7, 11) is 1.50. The molecule has 1 aromatic rings. The molecular formula is C13H18Cl2N2O2. The van der Waals surface area contributed by atoms with E-state index in [2.05, 4.69) is 5.32 Å². The van der Waals surface area contributed by atoms with Gasteiger partial charge in [-0.25, -0.2) is 0 Å². The van der Waals surface area contributed by atoms with E-state index < -0.39 is 6.04 Å². The van der Waals surface area contributed by atoms with Crippen LogP contribution in [0.3, 0.4) is 0 Å². The molecule has 0 spiro atoms. The zero-order valence-electron chi connectivity index (χ0n) is 11.0. The van der Waals surface area contributed by atoms with E-state index in [1.165, 1.54) is 7.11 Å². The standard InChI is InChI=1S/C13H18Cl2N2O2/c1-8(6-17-13(18)11(16)7-19-2)12-9(14)4-3-5-10(12)15/h3-5,8,11H,6-7,16H2,1-2H3,(H,17,18). The smallest absolute Gasteiger partial charge is 0.239 e. The predicted octanol–water partition coefficient (Wildman–Crippen LogP) is 2.19. The lowest BCUT2D eigenvalue weighted by Crippen LogP contribution is -2.44. The molecule has 0 aliphatic rings. The van der Waals surface area contributed by atoms with Gasteiger partial charge in [-0.3, -0.25) is 4.79 Å². The molecule has 1 aromatic carbocycles. The van der Waals surface area contributed by atoms with Gasteiger partial charge in [-0.05, 0) is 17.7 Å². The molecule has 0 radical (unpaired) electrons. The first-order chi connectivity index (χ1) is 8.97. The number of benzene rings is 1. The van der Waals surface area contributed by atoms with E-state index in [1.807, 2.05) is 6.92 Å². The third-order valence-corrected chi connectivity index (χ3v) is 3.42. The minimum atomic E-state index is -0.668. The van der Waals surface area contributed by atoms with Gasteiger partial charge in [-0.1, -0.05) is 36.2 Å². The highest BCUT2D eigenvalue weighted by atomic mass is 35.5. The third kappa shape index (κ3) is 4.66. The van der Waals surface area contributed by atoms with Crippen LogP contribution in [0.4, 0.5) is 0 Å². The van der Waals surface area contributed by atoms with Gasteiger partial charge < -0.3 is 15.8 Å². The Morgan fingerprint density at radius 1 is 1.42 bits per heavy atom. The highest BCUT2D eigenvalue weighted by molar-refractivity contribution is 6.36. The second-order valence-electron chi connectivity index (χ2n) is 4.34. The van der Waals surface area contributed by atoms with Crippen LogP contribution in [0.25, 0.3) is 0 Å². The van der Waals surface area contributed by atoms with Crippen molar-refractivity contribution < 1.29 is 9.53 Å². The highest BCUT2D eigenvalue weighted by Gasteiger charge is 2.17. The van der Waals surface area contributed by atoms with Crippen molar-refractivity contribution in [1.82, 2.24) is 5.32 Å². The first-order valence-electron chi connectivity index (χ1n) is 5.93. The monoisotopic (exact) mass is 304 g/mol. The van der Waals surface area contributed by atoms with E-state index in [4.69, 9.17) is 33.7 Å². The van der Waals surface area contributed by atoms with Gasteiger partial charge in [0.1, 0.15) is 6.04 Å². The fourth-order valence-corrected chi connectivity index (χ4v) is 2.49. The number of carbonyl (C=O) groups excluding carboxylic acids is 1. The Kier molecular flexibility index (Phi) is 6.58. The number of amides is 1.